The number of aliphatic hydroxyl groups excluding tert-OH is 1. The summed E-state index contributed by atoms with van der Waals surface area (Å²) in [4.78, 5) is 24.1. The first-order valence-electron chi connectivity index (χ1n) is 9.52. The molecule has 0 saturated heterocycles. The van der Waals surface area contributed by atoms with Gasteiger partial charge in [0.2, 0.25) is 0 Å². The van der Waals surface area contributed by atoms with Gasteiger partial charge in [-0.15, -0.1) is 0 Å². The van der Waals surface area contributed by atoms with Gasteiger partial charge >= 0.3 is 5.97 Å². The van der Waals surface area contributed by atoms with E-state index in [4.69, 9.17) is 16.3 Å². The quantitative estimate of drug-likeness (QED) is 0.267. The number of hydrogen-bond donors (Lipinski definition) is 2. The van der Waals surface area contributed by atoms with Crippen LogP contribution in [0, 0.1) is 25.2 Å². The number of pyridine rings is 1. The molecule has 0 fully saturated rings. The molecule has 32 heavy (non-hydrogen) atoms. The number of para-hydroxylation sites is 2. The molecule has 0 radical (unpaired) electrons. The molecule has 0 atom stereocenters. The van der Waals surface area contributed by atoms with E-state index < -0.39 is 18.3 Å². The lowest BCUT2D eigenvalue weighted by Crippen LogP contribution is -2.13. The molecule has 4 aromatic rings. The zero-order chi connectivity index (χ0) is 22.8. The normalized spacial score (nSPS) is 11.8. The van der Waals surface area contributed by atoms with Crippen LogP contribution < -0.4 is 0 Å². The zero-order valence-electron chi connectivity index (χ0n) is 17.1. The molecule has 0 amide bonds. The fraction of sp³-hybridized carbons (Fsp3) is 0.136. The van der Waals surface area contributed by atoms with Crippen molar-refractivity contribution < 1.29 is 14.6 Å². The average Bonchev–Trinajstić information content (AvgIpc) is 3.35. The number of hydrogen-bond acceptors (Lipinski definition) is 7. The second-order valence-corrected chi connectivity index (χ2v) is 7.36. The van der Waals surface area contributed by atoms with E-state index in [1.165, 1.54) is 6.07 Å². The number of fused-ring (bicyclic) bond motifs is 1. The lowest BCUT2D eigenvalue weighted by Gasteiger charge is -2.09. The van der Waals surface area contributed by atoms with Crippen LogP contribution in [0.25, 0.3) is 22.4 Å². The van der Waals surface area contributed by atoms with Crippen molar-refractivity contribution in [3.63, 3.8) is 0 Å². The summed E-state index contributed by atoms with van der Waals surface area (Å²) in [5.41, 5.74) is 2.71. The topological polar surface area (TPSA) is 130 Å². The average molecular weight is 449 g/mol. The largest absolute Gasteiger partial charge is 0.507 e. The molecule has 9 nitrogen and oxygen atoms in total. The summed E-state index contributed by atoms with van der Waals surface area (Å²) < 4.78 is 6.74. The standard InChI is InChI=1S/C22H17ClN6O3/c1-12-9-13(2)29(28-12)19-8-7-15(23)20(27-19)22(31)32-11-18(30)14(10-24)21-25-16-5-3-4-6-17(16)26-21/h3-9,30H,11H2,1-2H3,(H,25,26)/b18-14-. The SMILES string of the molecule is Cc1cc(C)n(-c2ccc(Cl)c(C(=O)OC/C(O)=C(\C#N)c3nc4ccccc4[nH]3)n2)n1. The Bertz CT molecular complexity index is 1380. The van der Waals surface area contributed by atoms with Gasteiger partial charge in [0.25, 0.3) is 0 Å². The lowest BCUT2D eigenvalue weighted by molar-refractivity contribution is 0.0496. The van der Waals surface area contributed by atoms with Crippen molar-refractivity contribution in [1.29, 1.82) is 5.26 Å². The van der Waals surface area contributed by atoms with Gasteiger partial charge in [0.15, 0.2) is 23.1 Å². The van der Waals surface area contributed by atoms with Crippen molar-refractivity contribution in [3.05, 3.63) is 76.2 Å². The van der Waals surface area contributed by atoms with E-state index in [0.717, 1.165) is 11.4 Å². The van der Waals surface area contributed by atoms with E-state index in [-0.39, 0.29) is 22.1 Å². The summed E-state index contributed by atoms with van der Waals surface area (Å²) >= 11 is 6.13. The molecule has 0 unspecified atom stereocenters. The summed E-state index contributed by atoms with van der Waals surface area (Å²) in [6.07, 6.45) is 0. The Morgan fingerprint density at radius 2 is 2.03 bits per heavy atom. The molecule has 1 aromatic carbocycles. The molecule has 0 aliphatic rings. The molecular formula is C22H17ClN6O3. The smallest absolute Gasteiger partial charge is 0.359 e. The zero-order valence-corrected chi connectivity index (χ0v) is 17.9. The van der Waals surface area contributed by atoms with E-state index >= 15 is 0 Å². The van der Waals surface area contributed by atoms with Gasteiger partial charge in [-0.25, -0.2) is 19.4 Å². The number of H-pyrrole nitrogens is 1. The number of nitrogens with one attached hydrogen (secondary N) is 1. The maximum Gasteiger partial charge on any atom is 0.359 e. The van der Waals surface area contributed by atoms with Gasteiger partial charge in [-0.2, -0.15) is 10.4 Å². The molecule has 0 spiro atoms. The predicted octanol–water partition coefficient (Wildman–Crippen LogP) is 4.06. The number of nitrogens with zero attached hydrogens (tertiary/aromatic N) is 5. The van der Waals surface area contributed by atoms with Crippen molar-refractivity contribution in [1.82, 2.24) is 24.7 Å². The van der Waals surface area contributed by atoms with Crippen LogP contribution in [0.5, 0.6) is 0 Å². The number of carbonyl (C=O) groups excluding carboxylic acids is 1. The molecule has 160 valence electrons. The summed E-state index contributed by atoms with van der Waals surface area (Å²) in [6.45, 7) is 3.15. The van der Waals surface area contributed by atoms with E-state index in [9.17, 15) is 15.2 Å². The van der Waals surface area contributed by atoms with E-state index in [0.29, 0.717) is 16.9 Å². The van der Waals surface area contributed by atoms with E-state index in [1.807, 2.05) is 32.0 Å². The lowest BCUT2D eigenvalue weighted by atomic mass is 10.2. The van der Waals surface area contributed by atoms with Crippen molar-refractivity contribution in [2.75, 3.05) is 6.61 Å². The van der Waals surface area contributed by atoms with Gasteiger partial charge in [0, 0.05) is 5.69 Å². The highest BCUT2D eigenvalue weighted by molar-refractivity contribution is 6.33. The summed E-state index contributed by atoms with van der Waals surface area (Å²) in [5.74, 6) is -0.741. The number of rotatable bonds is 5. The van der Waals surface area contributed by atoms with Crippen molar-refractivity contribution in [3.8, 4) is 11.9 Å². The molecule has 0 saturated carbocycles. The highest BCUT2D eigenvalue weighted by Gasteiger charge is 2.19. The molecule has 2 N–H and O–H groups in total. The summed E-state index contributed by atoms with van der Waals surface area (Å²) in [7, 11) is 0. The van der Waals surface area contributed by atoms with Crippen LogP contribution in [0.2, 0.25) is 5.02 Å². The van der Waals surface area contributed by atoms with Crippen LogP contribution in [0.1, 0.15) is 27.7 Å². The number of aryl methyl sites for hydroxylation is 2. The molecular weight excluding hydrogens is 432 g/mol. The van der Waals surface area contributed by atoms with E-state index in [2.05, 4.69) is 20.1 Å². The molecule has 0 aliphatic heterocycles. The van der Waals surface area contributed by atoms with Crippen LogP contribution in [0.4, 0.5) is 0 Å². The third-order valence-corrected chi connectivity index (χ3v) is 4.92. The molecule has 4 rings (SSSR count). The minimum absolute atomic E-state index is 0.0848. The van der Waals surface area contributed by atoms with E-state index in [1.54, 1.807) is 28.9 Å². The third-order valence-electron chi connectivity index (χ3n) is 4.62. The Hall–Kier alpha value is -4.16. The van der Waals surface area contributed by atoms with Gasteiger partial charge < -0.3 is 14.8 Å². The predicted molar refractivity (Wildman–Crippen MR) is 117 cm³/mol. The highest BCUT2D eigenvalue weighted by Crippen LogP contribution is 2.21. The number of esters is 1. The first-order valence-corrected chi connectivity index (χ1v) is 9.90. The molecule has 0 aliphatic carbocycles. The first kappa shape index (κ1) is 21.1. The minimum Gasteiger partial charge on any atom is -0.507 e. The summed E-state index contributed by atoms with van der Waals surface area (Å²) in [5, 5.41) is 24.3. The number of halogens is 1. The maximum atomic E-state index is 12.6. The van der Waals surface area contributed by atoms with Gasteiger partial charge in [0.1, 0.15) is 18.2 Å². The number of imidazole rings is 1. The number of ether oxygens (including phenoxy) is 1. The molecule has 10 heteroatoms. The van der Waals surface area contributed by atoms with Crippen LogP contribution in [-0.4, -0.2) is 42.4 Å². The van der Waals surface area contributed by atoms with Crippen molar-refractivity contribution in [2.45, 2.75) is 13.8 Å². The number of nitriles is 1. The highest BCUT2D eigenvalue weighted by atomic mass is 35.5. The molecule has 3 heterocycles. The second kappa shape index (κ2) is 8.53. The van der Waals surface area contributed by atoms with Crippen LogP contribution in [0.3, 0.4) is 0 Å². The van der Waals surface area contributed by atoms with Gasteiger partial charge in [-0.1, -0.05) is 23.7 Å². The second-order valence-electron chi connectivity index (χ2n) is 6.95. The Kier molecular flexibility index (Phi) is 5.62. The molecule has 3 aromatic heterocycles. The number of carbonyl (C=O) groups is 1. The monoisotopic (exact) mass is 448 g/mol. The Morgan fingerprint density at radius 1 is 1.25 bits per heavy atom. The Morgan fingerprint density at radius 3 is 2.72 bits per heavy atom. The maximum absolute atomic E-state index is 12.6. The fourth-order valence-electron chi connectivity index (χ4n) is 3.15. The minimum atomic E-state index is -0.855. The third kappa shape index (κ3) is 4.04. The van der Waals surface area contributed by atoms with Gasteiger partial charge in [-0.05, 0) is 44.2 Å². The Labute approximate surface area is 187 Å². The fourth-order valence-corrected chi connectivity index (χ4v) is 3.34. The van der Waals surface area contributed by atoms with Gasteiger partial charge in [-0.3, -0.25) is 0 Å². The first-order chi connectivity index (χ1) is 15.4. The van der Waals surface area contributed by atoms with Gasteiger partial charge in [0.05, 0.1) is 21.7 Å². The number of aliphatic hydroxyl groups is 1. The number of aromatic amines is 1. The summed E-state index contributed by atoms with van der Waals surface area (Å²) in [6, 6.07) is 14.1. The number of allylic oxidation sites excluding steroid dienone is 1. The van der Waals surface area contributed by atoms with Crippen molar-refractivity contribution >= 4 is 34.2 Å². The Balaban J connectivity index is 1.57. The number of benzene rings is 1. The van der Waals surface area contributed by atoms with Crippen LogP contribution in [-0.2, 0) is 4.74 Å². The van der Waals surface area contributed by atoms with Crippen LogP contribution >= 0.6 is 11.6 Å². The number of aromatic nitrogens is 5. The van der Waals surface area contributed by atoms with Crippen molar-refractivity contribution in [2.24, 2.45) is 0 Å². The van der Waals surface area contributed by atoms with Crippen LogP contribution in [0.15, 0.2) is 48.2 Å². The molecule has 0 bridgehead atoms.